The number of aliphatic carboxylic acids is 1. The molecule has 3 N–H and O–H groups in total. The van der Waals surface area contributed by atoms with Crippen LogP contribution in [0.15, 0.2) is 0 Å². The Morgan fingerprint density at radius 2 is 1.82 bits per heavy atom. The number of carboxylic acids is 1. The Hall–Kier alpha value is -1.10. The van der Waals surface area contributed by atoms with Gasteiger partial charge in [-0.05, 0) is 33.6 Å². The molecular formula is C12H22N2O3. The SMILES string of the molecule is CC(NC(C)(C)C(=O)O)C(=O)NC1CCCC1. The summed E-state index contributed by atoms with van der Waals surface area (Å²) in [4.78, 5) is 22.8. The van der Waals surface area contributed by atoms with Gasteiger partial charge < -0.3 is 10.4 Å². The van der Waals surface area contributed by atoms with Crippen LogP contribution in [0.25, 0.3) is 0 Å². The summed E-state index contributed by atoms with van der Waals surface area (Å²) in [5.74, 6) is -1.08. The molecule has 0 aromatic heterocycles. The van der Waals surface area contributed by atoms with E-state index in [1.165, 1.54) is 0 Å². The van der Waals surface area contributed by atoms with Gasteiger partial charge in [0.05, 0.1) is 6.04 Å². The van der Waals surface area contributed by atoms with Crippen molar-refractivity contribution >= 4 is 11.9 Å². The number of nitrogens with one attached hydrogen (secondary N) is 2. The van der Waals surface area contributed by atoms with Crippen LogP contribution >= 0.6 is 0 Å². The Balaban J connectivity index is 2.43. The summed E-state index contributed by atoms with van der Waals surface area (Å²) >= 11 is 0. The minimum atomic E-state index is -1.09. The molecular weight excluding hydrogens is 220 g/mol. The molecule has 5 nitrogen and oxygen atoms in total. The first-order chi connectivity index (χ1) is 7.83. The van der Waals surface area contributed by atoms with Gasteiger partial charge in [-0.1, -0.05) is 12.8 Å². The molecule has 0 radical (unpaired) electrons. The highest BCUT2D eigenvalue weighted by Crippen LogP contribution is 2.17. The van der Waals surface area contributed by atoms with Gasteiger partial charge in [-0.2, -0.15) is 0 Å². The van der Waals surface area contributed by atoms with Gasteiger partial charge in [-0.15, -0.1) is 0 Å². The number of carboxylic acid groups (broad SMARTS) is 1. The molecule has 0 saturated heterocycles. The summed E-state index contributed by atoms with van der Waals surface area (Å²) in [6.45, 7) is 4.79. The molecule has 17 heavy (non-hydrogen) atoms. The van der Waals surface area contributed by atoms with Crippen molar-refractivity contribution in [1.29, 1.82) is 0 Å². The number of hydrogen-bond acceptors (Lipinski definition) is 3. The largest absolute Gasteiger partial charge is 0.480 e. The summed E-state index contributed by atoms with van der Waals surface area (Å²) < 4.78 is 0. The normalized spacial score (nSPS) is 19.0. The van der Waals surface area contributed by atoms with Crippen molar-refractivity contribution in [2.75, 3.05) is 0 Å². The van der Waals surface area contributed by atoms with Crippen molar-refractivity contribution < 1.29 is 14.7 Å². The Morgan fingerprint density at radius 1 is 1.29 bits per heavy atom. The third kappa shape index (κ3) is 4.00. The van der Waals surface area contributed by atoms with E-state index in [0.29, 0.717) is 0 Å². The van der Waals surface area contributed by atoms with E-state index in [4.69, 9.17) is 5.11 Å². The monoisotopic (exact) mass is 242 g/mol. The van der Waals surface area contributed by atoms with E-state index in [1.54, 1.807) is 20.8 Å². The van der Waals surface area contributed by atoms with Gasteiger partial charge in [0.15, 0.2) is 0 Å². The Labute approximate surface area is 102 Å². The lowest BCUT2D eigenvalue weighted by Gasteiger charge is -2.26. The lowest BCUT2D eigenvalue weighted by atomic mass is 10.0. The van der Waals surface area contributed by atoms with Gasteiger partial charge in [-0.25, -0.2) is 0 Å². The molecule has 1 amide bonds. The molecule has 0 aliphatic heterocycles. The van der Waals surface area contributed by atoms with Gasteiger partial charge in [0.25, 0.3) is 0 Å². The number of amides is 1. The number of rotatable bonds is 5. The maximum absolute atomic E-state index is 11.8. The molecule has 0 aromatic carbocycles. The Bertz CT molecular complexity index is 296. The second kappa shape index (κ2) is 5.49. The predicted octanol–water partition coefficient (Wildman–Crippen LogP) is 0.886. The van der Waals surface area contributed by atoms with E-state index in [-0.39, 0.29) is 11.9 Å². The topological polar surface area (TPSA) is 78.4 Å². The fraction of sp³-hybridized carbons (Fsp3) is 0.833. The van der Waals surface area contributed by atoms with Crippen LogP contribution in [-0.4, -0.2) is 34.6 Å². The Kier molecular flexibility index (Phi) is 4.51. The average Bonchev–Trinajstić information content (AvgIpc) is 2.69. The summed E-state index contributed by atoms with van der Waals surface area (Å²) in [6.07, 6.45) is 4.38. The first-order valence-corrected chi connectivity index (χ1v) is 6.14. The van der Waals surface area contributed by atoms with Crippen molar-refractivity contribution in [2.45, 2.75) is 64.1 Å². The number of carbonyl (C=O) groups is 2. The predicted molar refractivity (Wildman–Crippen MR) is 64.7 cm³/mol. The van der Waals surface area contributed by atoms with Crippen LogP contribution in [0.1, 0.15) is 46.5 Å². The van der Waals surface area contributed by atoms with Crippen LogP contribution in [-0.2, 0) is 9.59 Å². The maximum Gasteiger partial charge on any atom is 0.323 e. The van der Waals surface area contributed by atoms with Crippen LogP contribution in [0.2, 0.25) is 0 Å². The van der Waals surface area contributed by atoms with E-state index < -0.39 is 17.6 Å². The van der Waals surface area contributed by atoms with E-state index in [0.717, 1.165) is 25.7 Å². The summed E-state index contributed by atoms with van der Waals surface area (Å²) in [5, 5.41) is 14.7. The van der Waals surface area contributed by atoms with Gasteiger partial charge in [0.2, 0.25) is 5.91 Å². The highest BCUT2D eigenvalue weighted by molar-refractivity contribution is 5.84. The molecule has 1 unspecified atom stereocenters. The molecule has 1 fully saturated rings. The smallest absolute Gasteiger partial charge is 0.323 e. The standard InChI is InChI=1S/C12H22N2O3/c1-8(14-12(2,3)11(16)17)10(15)13-9-6-4-5-7-9/h8-9,14H,4-7H2,1-3H3,(H,13,15)(H,16,17). The molecule has 0 heterocycles. The lowest BCUT2D eigenvalue weighted by molar-refractivity contribution is -0.144. The van der Waals surface area contributed by atoms with Crippen molar-refractivity contribution in [3.8, 4) is 0 Å². The third-order valence-corrected chi connectivity index (χ3v) is 3.21. The maximum atomic E-state index is 11.8. The molecule has 1 aliphatic rings. The van der Waals surface area contributed by atoms with Gasteiger partial charge in [-0.3, -0.25) is 14.9 Å². The zero-order valence-electron chi connectivity index (χ0n) is 10.7. The molecule has 1 atom stereocenters. The lowest BCUT2D eigenvalue weighted by Crippen LogP contribution is -2.56. The Morgan fingerprint density at radius 3 is 2.29 bits per heavy atom. The first-order valence-electron chi connectivity index (χ1n) is 6.14. The van der Waals surface area contributed by atoms with E-state index in [9.17, 15) is 9.59 Å². The average molecular weight is 242 g/mol. The van der Waals surface area contributed by atoms with E-state index in [1.807, 2.05) is 0 Å². The van der Waals surface area contributed by atoms with Crippen LogP contribution in [0, 0.1) is 0 Å². The quantitative estimate of drug-likeness (QED) is 0.669. The molecule has 1 rings (SSSR count). The van der Waals surface area contributed by atoms with Crippen molar-refractivity contribution in [3.05, 3.63) is 0 Å². The molecule has 0 spiro atoms. The minimum absolute atomic E-state index is 0.119. The fourth-order valence-electron chi connectivity index (χ4n) is 2.06. The van der Waals surface area contributed by atoms with Gasteiger partial charge >= 0.3 is 5.97 Å². The zero-order chi connectivity index (χ0) is 13.1. The second-order valence-corrected chi connectivity index (χ2v) is 5.29. The molecule has 1 aliphatic carbocycles. The van der Waals surface area contributed by atoms with E-state index in [2.05, 4.69) is 10.6 Å². The van der Waals surface area contributed by atoms with Crippen LogP contribution in [0.4, 0.5) is 0 Å². The van der Waals surface area contributed by atoms with Crippen molar-refractivity contribution in [2.24, 2.45) is 0 Å². The van der Waals surface area contributed by atoms with Crippen molar-refractivity contribution in [3.63, 3.8) is 0 Å². The van der Waals surface area contributed by atoms with Crippen LogP contribution in [0.3, 0.4) is 0 Å². The van der Waals surface area contributed by atoms with Crippen LogP contribution in [0.5, 0.6) is 0 Å². The number of carbonyl (C=O) groups excluding carboxylic acids is 1. The molecule has 5 heteroatoms. The minimum Gasteiger partial charge on any atom is -0.480 e. The molecule has 98 valence electrons. The van der Waals surface area contributed by atoms with E-state index >= 15 is 0 Å². The summed E-state index contributed by atoms with van der Waals surface area (Å²) in [5.41, 5.74) is -1.09. The van der Waals surface area contributed by atoms with Crippen molar-refractivity contribution in [1.82, 2.24) is 10.6 Å². The van der Waals surface area contributed by atoms with Crippen LogP contribution < -0.4 is 10.6 Å². The molecule has 0 aromatic rings. The second-order valence-electron chi connectivity index (χ2n) is 5.29. The zero-order valence-corrected chi connectivity index (χ0v) is 10.7. The van der Waals surface area contributed by atoms with Gasteiger partial charge in [0, 0.05) is 6.04 Å². The molecule has 1 saturated carbocycles. The van der Waals surface area contributed by atoms with Gasteiger partial charge in [0.1, 0.15) is 5.54 Å². The first kappa shape index (κ1) is 14.0. The third-order valence-electron chi connectivity index (χ3n) is 3.21. The fourth-order valence-corrected chi connectivity index (χ4v) is 2.06. The highest BCUT2D eigenvalue weighted by Gasteiger charge is 2.31. The summed E-state index contributed by atoms with van der Waals surface area (Å²) in [7, 11) is 0. The number of hydrogen-bond donors (Lipinski definition) is 3. The highest BCUT2D eigenvalue weighted by atomic mass is 16.4. The molecule has 0 bridgehead atoms. The summed E-state index contributed by atoms with van der Waals surface area (Å²) in [6, 6.07) is -0.235.